The third-order valence-electron chi connectivity index (χ3n) is 3.60. The summed E-state index contributed by atoms with van der Waals surface area (Å²) in [6.45, 7) is 0. The molecule has 2 aromatic carbocycles. The van der Waals surface area contributed by atoms with Gasteiger partial charge in [0.2, 0.25) is 5.16 Å². The van der Waals surface area contributed by atoms with Crippen molar-refractivity contribution < 1.29 is 10.4 Å². The highest BCUT2D eigenvalue weighted by atomic mass is 32.2. The number of nitrogens with one attached hydrogen (secondary N) is 2. The normalized spacial score (nSPS) is 17.6. The second kappa shape index (κ2) is 5.67. The molecule has 116 valence electrons. The number of benzene rings is 2. The van der Waals surface area contributed by atoms with E-state index in [1.165, 1.54) is 0 Å². The second-order valence-corrected chi connectivity index (χ2v) is 6.13. The largest absolute Gasteiger partial charge is 0.595 e. The van der Waals surface area contributed by atoms with Gasteiger partial charge < -0.3 is 10.6 Å². The van der Waals surface area contributed by atoms with Gasteiger partial charge in [-0.15, -0.1) is 10.2 Å². The van der Waals surface area contributed by atoms with Gasteiger partial charge in [-0.1, -0.05) is 42.1 Å². The molecule has 8 heteroatoms. The van der Waals surface area contributed by atoms with E-state index in [0.717, 1.165) is 16.3 Å². The van der Waals surface area contributed by atoms with E-state index in [1.54, 1.807) is 36.0 Å². The third-order valence-corrected chi connectivity index (χ3v) is 4.68. The van der Waals surface area contributed by atoms with E-state index in [9.17, 15) is 5.21 Å². The van der Waals surface area contributed by atoms with Crippen molar-refractivity contribution in [3.8, 4) is 11.4 Å². The third kappa shape index (κ3) is 2.57. The Balaban J connectivity index is 1.63. The molecule has 0 amide bonds. The van der Waals surface area contributed by atoms with Gasteiger partial charge in [0.05, 0.1) is 0 Å². The maximum absolute atomic E-state index is 10.9. The van der Waals surface area contributed by atoms with Crippen molar-refractivity contribution in [2.75, 3.05) is 5.43 Å². The number of rotatable bonds is 3. The van der Waals surface area contributed by atoms with Crippen molar-refractivity contribution >= 4 is 17.4 Å². The Morgan fingerprint density at radius 1 is 1.09 bits per heavy atom. The predicted molar refractivity (Wildman–Crippen MR) is 85.6 cm³/mol. The number of thioether (sulfide) groups is 1. The van der Waals surface area contributed by atoms with Gasteiger partial charge in [0.15, 0.2) is 11.5 Å². The van der Waals surface area contributed by atoms with Crippen LogP contribution in [0.5, 0.6) is 0 Å². The summed E-state index contributed by atoms with van der Waals surface area (Å²) in [4.78, 5) is 0. The van der Waals surface area contributed by atoms with Crippen molar-refractivity contribution in [3.05, 3.63) is 65.4 Å². The van der Waals surface area contributed by atoms with Crippen molar-refractivity contribution in [1.82, 2.24) is 14.9 Å². The van der Waals surface area contributed by atoms with Crippen LogP contribution in [-0.2, 0) is 0 Å². The van der Waals surface area contributed by atoms with Gasteiger partial charge in [0.1, 0.15) is 5.37 Å². The summed E-state index contributed by atoms with van der Waals surface area (Å²) in [6.07, 6.45) is 0. The van der Waals surface area contributed by atoms with Gasteiger partial charge in [-0.3, -0.25) is 0 Å². The van der Waals surface area contributed by atoms with Crippen molar-refractivity contribution in [1.29, 1.82) is 0 Å². The van der Waals surface area contributed by atoms with E-state index in [4.69, 9.17) is 5.21 Å². The maximum atomic E-state index is 10.9. The molecule has 0 saturated heterocycles. The highest BCUT2D eigenvalue weighted by molar-refractivity contribution is 7.99. The predicted octanol–water partition coefficient (Wildman–Crippen LogP) is 1.70. The van der Waals surface area contributed by atoms with Crippen LogP contribution in [0.4, 0.5) is 5.69 Å². The molecule has 1 aliphatic heterocycles. The summed E-state index contributed by atoms with van der Waals surface area (Å²) in [5.74, 6) is 0.669. The lowest BCUT2D eigenvalue weighted by atomic mass is 10.2. The molecule has 3 N–H and O–H groups in total. The topological polar surface area (TPSA) is 90.5 Å². The molecule has 0 saturated carbocycles. The Morgan fingerprint density at radius 3 is 2.52 bits per heavy atom. The molecule has 1 aliphatic rings. The van der Waals surface area contributed by atoms with Gasteiger partial charge in [0, 0.05) is 17.7 Å². The molecule has 2 heterocycles. The molecule has 0 bridgehead atoms. The fourth-order valence-corrected chi connectivity index (χ4v) is 3.43. The molecule has 1 unspecified atom stereocenters. The summed E-state index contributed by atoms with van der Waals surface area (Å²) >= 11 is 1.60. The SMILES string of the molecule is [O-][NH+](O)c1ccc(-c2nnc3n2N[C@@H](c2ccccc2)S3)cc1. The van der Waals surface area contributed by atoms with E-state index >= 15 is 0 Å². The average molecular weight is 327 g/mol. The number of hydrogen-bond acceptors (Lipinski definition) is 6. The first-order chi connectivity index (χ1) is 11.2. The van der Waals surface area contributed by atoms with E-state index in [1.807, 2.05) is 22.9 Å². The van der Waals surface area contributed by atoms with Gasteiger partial charge in [-0.05, 0) is 17.7 Å². The molecule has 4 rings (SSSR count). The monoisotopic (exact) mass is 327 g/mol. The van der Waals surface area contributed by atoms with Crippen molar-refractivity contribution in [3.63, 3.8) is 0 Å². The number of hydrogen-bond donors (Lipinski definition) is 3. The summed E-state index contributed by atoms with van der Waals surface area (Å²) in [7, 11) is 0. The zero-order valence-corrected chi connectivity index (χ0v) is 12.7. The molecular weight excluding hydrogens is 314 g/mol. The van der Waals surface area contributed by atoms with Crippen LogP contribution in [0.1, 0.15) is 10.9 Å². The van der Waals surface area contributed by atoms with Gasteiger partial charge in [-0.2, -0.15) is 5.23 Å². The smallest absolute Gasteiger partial charge is 0.212 e. The Morgan fingerprint density at radius 2 is 1.83 bits per heavy atom. The Bertz CT molecular complexity index is 820. The van der Waals surface area contributed by atoms with Crippen molar-refractivity contribution in [2.45, 2.75) is 10.5 Å². The Labute approximate surface area is 136 Å². The highest BCUT2D eigenvalue weighted by Gasteiger charge is 2.27. The molecule has 0 radical (unpaired) electrons. The summed E-state index contributed by atoms with van der Waals surface area (Å²) in [5, 5.41) is 28.2. The average Bonchev–Trinajstić information content (AvgIpc) is 3.16. The van der Waals surface area contributed by atoms with Crippen LogP contribution in [0, 0.1) is 5.21 Å². The molecule has 7 nitrogen and oxygen atoms in total. The first-order valence-electron chi connectivity index (χ1n) is 6.99. The van der Waals surface area contributed by atoms with Crippen LogP contribution in [0.3, 0.4) is 0 Å². The van der Waals surface area contributed by atoms with Gasteiger partial charge >= 0.3 is 0 Å². The Kier molecular flexibility index (Phi) is 3.50. The minimum atomic E-state index is -0.944. The van der Waals surface area contributed by atoms with Gasteiger partial charge in [-0.25, -0.2) is 9.88 Å². The molecule has 1 aromatic heterocycles. The van der Waals surface area contributed by atoms with Crippen LogP contribution < -0.4 is 10.7 Å². The number of quaternary nitrogens is 1. The molecule has 0 spiro atoms. The van der Waals surface area contributed by atoms with E-state index in [-0.39, 0.29) is 11.1 Å². The second-order valence-electron chi connectivity index (χ2n) is 5.06. The molecule has 2 atom stereocenters. The summed E-state index contributed by atoms with van der Waals surface area (Å²) in [6, 6.07) is 16.7. The van der Waals surface area contributed by atoms with Crippen LogP contribution >= 0.6 is 11.8 Å². The van der Waals surface area contributed by atoms with Crippen LogP contribution in [0.15, 0.2) is 59.8 Å². The van der Waals surface area contributed by atoms with Crippen LogP contribution in [0.2, 0.25) is 0 Å². The highest BCUT2D eigenvalue weighted by Crippen LogP contribution is 2.39. The minimum Gasteiger partial charge on any atom is -0.595 e. The van der Waals surface area contributed by atoms with Crippen molar-refractivity contribution in [2.24, 2.45) is 0 Å². The van der Waals surface area contributed by atoms with E-state index in [0.29, 0.717) is 5.82 Å². The molecule has 3 aromatic rings. The molecule has 0 aliphatic carbocycles. The maximum Gasteiger partial charge on any atom is 0.212 e. The standard InChI is InChI=1S/C15H13N5O2S/c21-20(22)12-8-6-10(7-9-12)13-16-17-15-19(13)18-14(23-15)11-4-2-1-3-5-11/h1-9,14,18,20-21H/t14-/m1/s1. The fraction of sp³-hybridized carbons (Fsp3) is 0.0667. The lowest BCUT2D eigenvalue weighted by Crippen LogP contribution is -2.99. The lowest BCUT2D eigenvalue weighted by Gasteiger charge is -2.13. The van der Waals surface area contributed by atoms with Crippen LogP contribution in [0.25, 0.3) is 11.4 Å². The molecular formula is C15H13N5O2S. The quantitative estimate of drug-likeness (QED) is 0.634. The van der Waals surface area contributed by atoms with E-state index in [2.05, 4.69) is 27.8 Å². The van der Waals surface area contributed by atoms with Gasteiger partial charge in [0.25, 0.3) is 0 Å². The number of aromatic nitrogens is 3. The van der Waals surface area contributed by atoms with Crippen LogP contribution in [-0.4, -0.2) is 20.1 Å². The number of nitrogens with zero attached hydrogens (tertiary/aromatic N) is 3. The molecule has 0 fully saturated rings. The zero-order chi connectivity index (χ0) is 15.8. The Hall–Kier alpha value is -2.39. The summed E-state index contributed by atoms with van der Waals surface area (Å²) < 4.78 is 1.85. The minimum absolute atomic E-state index is 0.0822. The molecule has 23 heavy (non-hydrogen) atoms. The first-order valence-corrected chi connectivity index (χ1v) is 7.87. The zero-order valence-electron chi connectivity index (χ0n) is 11.9. The number of fused-ring (bicyclic) bond motifs is 1. The fourth-order valence-electron chi connectivity index (χ4n) is 2.43. The summed E-state index contributed by atoms with van der Waals surface area (Å²) in [5.41, 5.74) is 5.60. The first kappa shape index (κ1) is 14.2. The lowest BCUT2D eigenvalue weighted by molar-refractivity contribution is -0.991. The van der Waals surface area contributed by atoms with E-state index < -0.39 is 5.23 Å².